The van der Waals surface area contributed by atoms with Crippen LogP contribution in [0.15, 0.2) is 60.2 Å². The molecule has 0 bridgehead atoms. The molecule has 13 heteroatoms. The quantitative estimate of drug-likeness (QED) is 0.243. The molecule has 0 spiro atoms. The number of aryl methyl sites for hydroxylation is 1. The Morgan fingerprint density at radius 2 is 1.89 bits per heavy atom. The number of rotatable bonds is 8. The molecular weight excluding hydrogens is 683 g/mol. The number of benzene rings is 1. The molecule has 0 radical (unpaired) electrons. The van der Waals surface area contributed by atoms with Crippen LogP contribution in [0.4, 0.5) is 28.7 Å². The summed E-state index contributed by atoms with van der Waals surface area (Å²) in [5, 5.41) is 6.22. The minimum absolute atomic E-state index is 0.0461. The summed E-state index contributed by atoms with van der Waals surface area (Å²) in [4.78, 5) is 56.3. The van der Waals surface area contributed by atoms with Gasteiger partial charge in [-0.3, -0.25) is 24.2 Å². The lowest BCUT2D eigenvalue weighted by molar-refractivity contribution is -0.111. The summed E-state index contributed by atoms with van der Waals surface area (Å²) in [6.45, 7) is 17.8. The van der Waals surface area contributed by atoms with Gasteiger partial charge in [0.25, 0.3) is 11.5 Å². The molecule has 6 heterocycles. The van der Waals surface area contributed by atoms with Crippen molar-refractivity contribution in [2.24, 2.45) is 12.5 Å². The van der Waals surface area contributed by atoms with Gasteiger partial charge in [0, 0.05) is 80.7 Å². The van der Waals surface area contributed by atoms with Crippen LogP contribution in [0.2, 0.25) is 0 Å². The van der Waals surface area contributed by atoms with Crippen molar-refractivity contribution in [1.29, 1.82) is 0 Å². The second kappa shape index (κ2) is 13.9. The van der Waals surface area contributed by atoms with Crippen molar-refractivity contribution >= 4 is 40.5 Å². The third kappa shape index (κ3) is 6.49. The monoisotopic (exact) mass is 731 g/mol. The number of aromatic nitrogens is 4. The summed E-state index contributed by atoms with van der Waals surface area (Å²) in [5.41, 5.74) is 7.42. The lowest BCUT2D eigenvalue weighted by Crippen LogP contribution is -2.59. The average molecular weight is 732 g/mol. The normalized spacial score (nSPS) is 19.9. The van der Waals surface area contributed by atoms with Crippen LogP contribution in [0.3, 0.4) is 0 Å². The van der Waals surface area contributed by atoms with Gasteiger partial charge in [-0.15, -0.1) is 0 Å². The molecule has 3 aromatic heterocycles. The van der Waals surface area contributed by atoms with Crippen molar-refractivity contribution < 1.29 is 14.3 Å². The summed E-state index contributed by atoms with van der Waals surface area (Å²) < 4.78 is 9.15. The maximum Gasteiger partial charge on any atom is 0.293 e. The van der Waals surface area contributed by atoms with Crippen molar-refractivity contribution in [2.75, 3.05) is 59.8 Å². The van der Waals surface area contributed by atoms with E-state index >= 15 is 0 Å². The van der Waals surface area contributed by atoms with E-state index in [1.54, 1.807) is 24.3 Å². The zero-order valence-corrected chi connectivity index (χ0v) is 31.8. The van der Waals surface area contributed by atoms with Crippen LogP contribution < -0.4 is 26.0 Å². The molecule has 54 heavy (non-hydrogen) atoms. The molecule has 8 rings (SSSR count). The highest BCUT2D eigenvalue weighted by Crippen LogP contribution is 2.40. The van der Waals surface area contributed by atoms with Crippen LogP contribution in [-0.4, -0.2) is 87.3 Å². The highest BCUT2D eigenvalue weighted by molar-refractivity contribution is 6.06. The Morgan fingerprint density at radius 1 is 1.07 bits per heavy atom. The molecule has 2 N–H and O–H groups in total. The number of hydrogen-bond acceptors (Lipinski definition) is 9. The van der Waals surface area contributed by atoms with Crippen LogP contribution in [0, 0.1) is 12.3 Å². The standard InChI is InChI=1S/C41H49N9O4/c1-7-36(51)44-31-18-28(9-10-33(31)48-16-15-47(21-25(48)2)29-23-54-24-29)43-37-40(53)46(6)22-32(45-37)30-11-12-42-38(26(30)3)50-14-8-13-49-34(39(50)52)17-27-19-41(4,5)20-35(27)49/h7,9-12,17-18,22,25,29H,1,8,13-16,19-21,23-24H2,2-6H3,(H,43,45)(H,44,51). The van der Waals surface area contributed by atoms with Crippen LogP contribution in [0.25, 0.3) is 11.3 Å². The molecule has 13 nitrogen and oxygen atoms in total. The highest BCUT2D eigenvalue weighted by atomic mass is 16.5. The largest absolute Gasteiger partial charge is 0.378 e. The number of nitrogens with one attached hydrogen (secondary N) is 2. The van der Waals surface area contributed by atoms with Crippen LogP contribution in [-0.2, 0) is 36.0 Å². The fourth-order valence-corrected chi connectivity index (χ4v) is 8.59. The topological polar surface area (TPSA) is 130 Å². The molecule has 1 atom stereocenters. The van der Waals surface area contributed by atoms with E-state index in [-0.39, 0.29) is 34.6 Å². The first-order valence-electron chi connectivity index (χ1n) is 18.9. The molecule has 2 fully saturated rings. The first-order chi connectivity index (χ1) is 25.9. The van der Waals surface area contributed by atoms with E-state index in [2.05, 4.69) is 58.4 Å². The number of pyridine rings is 1. The summed E-state index contributed by atoms with van der Waals surface area (Å²) >= 11 is 0. The number of piperazine rings is 1. The van der Waals surface area contributed by atoms with Crippen LogP contribution in [0.1, 0.15) is 54.5 Å². The first-order valence-corrected chi connectivity index (χ1v) is 18.9. The van der Waals surface area contributed by atoms with E-state index in [0.29, 0.717) is 35.5 Å². The molecule has 282 valence electrons. The Labute approximate surface area is 315 Å². The third-order valence-electron chi connectivity index (χ3n) is 11.4. The van der Waals surface area contributed by atoms with E-state index in [4.69, 9.17) is 14.7 Å². The van der Waals surface area contributed by atoms with Gasteiger partial charge in [-0.25, -0.2) is 9.97 Å². The summed E-state index contributed by atoms with van der Waals surface area (Å²) in [7, 11) is 1.69. The number of nitrogens with zero attached hydrogens (tertiary/aromatic N) is 7. The van der Waals surface area contributed by atoms with Crippen molar-refractivity contribution in [3.8, 4) is 11.3 Å². The smallest absolute Gasteiger partial charge is 0.293 e. The highest BCUT2D eigenvalue weighted by Gasteiger charge is 2.37. The fraction of sp³-hybridized carbons (Fsp3) is 0.439. The van der Waals surface area contributed by atoms with Gasteiger partial charge in [0.2, 0.25) is 5.91 Å². The minimum Gasteiger partial charge on any atom is -0.378 e. The first kappa shape index (κ1) is 35.7. The predicted octanol–water partition coefficient (Wildman–Crippen LogP) is 4.90. The van der Waals surface area contributed by atoms with Crippen molar-refractivity contribution in [3.63, 3.8) is 0 Å². The van der Waals surface area contributed by atoms with Crippen LogP contribution in [0.5, 0.6) is 0 Å². The SMILES string of the molecule is C=CC(=O)Nc1cc(Nc2nc(-c3ccnc(N4CCCn5c(cc6c5CC(C)(C)C6)C4=O)c3C)cn(C)c2=O)ccc1N1CCN(C2COC2)CC1C. The summed E-state index contributed by atoms with van der Waals surface area (Å²) in [5.74, 6) is 0.352. The van der Waals surface area contributed by atoms with Gasteiger partial charge in [0.05, 0.1) is 36.3 Å². The molecule has 1 unspecified atom stereocenters. The van der Waals surface area contributed by atoms with Gasteiger partial charge < -0.3 is 29.4 Å². The van der Waals surface area contributed by atoms with Gasteiger partial charge >= 0.3 is 0 Å². The number of fused-ring (bicyclic) bond motifs is 3. The van der Waals surface area contributed by atoms with Crippen molar-refractivity contribution in [2.45, 2.75) is 65.6 Å². The number of anilines is 5. The lowest BCUT2D eigenvalue weighted by atomic mass is 9.90. The van der Waals surface area contributed by atoms with E-state index < -0.39 is 0 Å². The van der Waals surface area contributed by atoms with Crippen LogP contribution >= 0.6 is 0 Å². The van der Waals surface area contributed by atoms with E-state index in [1.807, 2.05) is 31.2 Å². The molecule has 0 saturated carbocycles. The molecule has 1 aliphatic carbocycles. The maximum absolute atomic E-state index is 14.1. The van der Waals surface area contributed by atoms with Crippen molar-refractivity contribution in [3.05, 3.63) is 88.2 Å². The summed E-state index contributed by atoms with van der Waals surface area (Å²) in [6, 6.07) is 10.3. The van der Waals surface area contributed by atoms with Gasteiger partial charge in [0.1, 0.15) is 11.5 Å². The minimum atomic E-state index is -0.324. The second-order valence-corrected chi connectivity index (χ2v) is 16.0. The third-order valence-corrected chi connectivity index (χ3v) is 11.4. The molecular formula is C41H49N9O4. The summed E-state index contributed by atoms with van der Waals surface area (Å²) in [6.07, 6.45) is 7.41. The van der Waals surface area contributed by atoms with Gasteiger partial charge in [-0.2, -0.15) is 0 Å². The Hall–Kier alpha value is -5.27. The van der Waals surface area contributed by atoms with Gasteiger partial charge in [0.15, 0.2) is 5.82 Å². The number of carbonyl (C=O) groups is 2. The van der Waals surface area contributed by atoms with Gasteiger partial charge in [-0.05, 0) is 80.5 Å². The molecule has 4 aliphatic rings. The number of ether oxygens (including phenoxy) is 1. The average Bonchev–Trinajstić information content (AvgIpc) is 3.53. The molecule has 1 aromatic carbocycles. The molecule has 2 saturated heterocycles. The van der Waals surface area contributed by atoms with Gasteiger partial charge in [-0.1, -0.05) is 20.4 Å². The van der Waals surface area contributed by atoms with Crippen molar-refractivity contribution in [1.82, 2.24) is 24.0 Å². The predicted molar refractivity (Wildman–Crippen MR) is 211 cm³/mol. The molecule has 4 aromatic rings. The Morgan fingerprint density at radius 3 is 2.63 bits per heavy atom. The second-order valence-electron chi connectivity index (χ2n) is 16.0. The maximum atomic E-state index is 14.1. The zero-order valence-electron chi connectivity index (χ0n) is 31.8. The Balaban J connectivity index is 1.08. The molecule has 2 amide bonds. The van der Waals surface area contributed by atoms with E-state index in [9.17, 15) is 14.4 Å². The Kier molecular flexibility index (Phi) is 9.17. The number of amides is 2. The fourth-order valence-electron chi connectivity index (χ4n) is 8.59. The number of hydrogen-bond donors (Lipinski definition) is 2. The lowest BCUT2D eigenvalue weighted by Gasteiger charge is -2.46. The zero-order chi connectivity index (χ0) is 37.9. The Bertz CT molecular complexity index is 2220. The number of carbonyl (C=O) groups excluding carboxylic acids is 2. The van der Waals surface area contributed by atoms with E-state index in [1.165, 1.54) is 21.9 Å². The van der Waals surface area contributed by atoms with E-state index in [0.717, 1.165) is 81.2 Å². The molecule has 3 aliphatic heterocycles.